The van der Waals surface area contributed by atoms with Crippen molar-refractivity contribution < 1.29 is 45.9 Å². The van der Waals surface area contributed by atoms with Gasteiger partial charge in [-0.2, -0.15) is 18.2 Å². The van der Waals surface area contributed by atoms with Crippen LogP contribution in [0.25, 0.3) is 55.2 Å². The van der Waals surface area contributed by atoms with E-state index in [4.69, 9.17) is 38.5 Å². The first-order valence-corrected chi connectivity index (χ1v) is 42.3. The molecule has 0 spiro atoms. The van der Waals surface area contributed by atoms with Gasteiger partial charge in [0.05, 0.1) is 105 Å². The Kier molecular flexibility index (Phi) is 30.8. The second-order valence-electron chi connectivity index (χ2n) is 30.7. The number of hydrogen-bond acceptors (Lipinski definition) is 30. The summed E-state index contributed by atoms with van der Waals surface area (Å²) in [5.74, 6) is 9.41. The molecule has 18 rings (SSSR count). The predicted octanol–water partition coefficient (Wildman–Crippen LogP) is 14.4. The Morgan fingerprint density at radius 3 is 1.18 bits per heavy atom. The maximum atomic E-state index is 12.7. The molecule has 0 unspecified atom stereocenters. The van der Waals surface area contributed by atoms with Gasteiger partial charge in [-0.15, -0.1) is 0 Å². The molecule has 0 aliphatic carbocycles. The molecule has 35 nitrogen and oxygen atoms in total. The van der Waals surface area contributed by atoms with E-state index in [0.717, 1.165) is 164 Å². The number of methoxy groups -OCH3 is 5. The molecule has 1 aromatic carbocycles. The summed E-state index contributed by atoms with van der Waals surface area (Å²) >= 11 is 0. The molecule has 16 aromatic heterocycles. The predicted molar refractivity (Wildman–Crippen MR) is 491 cm³/mol. The Morgan fingerprint density at radius 2 is 0.785 bits per heavy atom. The lowest BCUT2D eigenvalue weighted by molar-refractivity contribution is -0.137. The third-order valence-electron chi connectivity index (χ3n) is 20.8. The third kappa shape index (κ3) is 24.2. The zero-order valence-electron chi connectivity index (χ0n) is 74.4. The summed E-state index contributed by atoms with van der Waals surface area (Å²) in [4.78, 5) is 64.0. The van der Waals surface area contributed by atoms with Crippen molar-refractivity contribution in [1.82, 2.24) is 108 Å². The number of likely N-dealkylation sites (tertiary alicyclic amines) is 1. The number of ether oxygens (including phenoxy) is 5. The molecular formula is C92H105F3N28O7. The van der Waals surface area contributed by atoms with Crippen molar-refractivity contribution >= 4 is 90.2 Å². The average Bonchev–Trinajstić information content (AvgIpc) is 1.62. The Labute approximate surface area is 747 Å². The zero-order valence-corrected chi connectivity index (χ0v) is 74.4. The lowest BCUT2D eigenvalue weighted by Gasteiger charge is -2.16. The number of nitrogen functional groups attached to an aromatic ring is 1. The number of nitrogens with zero attached hydrogens (tertiary/aromatic N) is 22. The van der Waals surface area contributed by atoms with Gasteiger partial charge in [-0.3, -0.25) is 19.9 Å². The number of aromatic nitrogens is 21. The number of aryl methyl sites for hydroxylation is 6. The quantitative estimate of drug-likeness (QED) is 0.0213. The van der Waals surface area contributed by atoms with Crippen LogP contribution < -0.4 is 41.8 Å². The summed E-state index contributed by atoms with van der Waals surface area (Å²) in [6.45, 7) is 22.7. The van der Waals surface area contributed by atoms with Crippen molar-refractivity contribution in [2.75, 3.05) is 120 Å². The molecular weight excluding hydrogens is 1670 g/mol. The minimum absolute atomic E-state index is 0.193. The van der Waals surface area contributed by atoms with E-state index in [1.165, 1.54) is 54.3 Å². The molecule has 1 aliphatic rings. The van der Waals surface area contributed by atoms with E-state index in [2.05, 4.69) is 162 Å². The van der Waals surface area contributed by atoms with E-state index in [1.807, 2.05) is 141 Å². The minimum Gasteiger partial charge on any atom is -0.491 e. The average molecular weight is 1770 g/mol. The molecule has 0 saturated carbocycles. The second-order valence-corrected chi connectivity index (χ2v) is 30.7. The standard InChI is InChI=1S/C22H29N5O.C19H21N7O3.C18H18N6O.C17H18F3N5O.C16H19N5O/c1-17-24-20-8-12-27(21(20)22(25-17)23-9-13-28-2)16-19-7-5-6-18(14-19)15-26-10-3-4-11-26;1-11-8-13(25-29-11)9-21-17-16-14(23-19(20)24-17)6-7-26(16)10-12-4-5-15(27-2)18(22-12)28-3;1-12-9-15(23-25-12)10-20-18-17-16(21-13(2)22-18)5-8-24(17)11-14-3-6-19-7-4-14;1-11-23-14-5-7-25(15(14)16(24-11)21-6-8-26-2)10-13-4-3-12(9-22-13)17(18,19)20;1-12-19-14-5-9-21(11-13-3-6-17-7-4-13)15(14)16(20-12)18-8-10-22-2/h5-8,12,14H,3-4,9-11,13,15-16H2,1-2H3,(H,23,24,25);4-8H,9-10H2,1-3H3,(H3,20,21,23,24);3-9H,10-11H2,1-2H3,(H,20,21,22);3-5,7,9H,6,8,10H2,1-2H3,(H,21,23,24);3-7,9H,8,10-11H2,1-2H3,(H,18,19,20). The molecule has 0 atom stereocenters. The number of fused-ring (bicyclic) bond motifs is 5. The molecule has 1 fully saturated rings. The lowest BCUT2D eigenvalue weighted by Crippen LogP contribution is -2.18. The van der Waals surface area contributed by atoms with Crippen LogP contribution in [0.5, 0.6) is 11.6 Å². The van der Waals surface area contributed by atoms with Crippen LogP contribution >= 0.6 is 0 Å². The van der Waals surface area contributed by atoms with Crippen LogP contribution in [-0.2, 0) is 72.7 Å². The number of nitrogens with two attached hydrogens (primary N) is 1. The van der Waals surface area contributed by atoms with Crippen molar-refractivity contribution in [2.24, 2.45) is 0 Å². The normalized spacial score (nSPS) is 12.0. The van der Waals surface area contributed by atoms with Crippen LogP contribution in [0.1, 0.15) is 98.3 Å². The Hall–Kier alpha value is -14.6. The van der Waals surface area contributed by atoms with Crippen LogP contribution in [0, 0.1) is 41.5 Å². The first kappa shape index (κ1) is 91.6. The van der Waals surface area contributed by atoms with Gasteiger partial charge < -0.3 is 87.9 Å². The Bertz CT molecular complexity index is 6550. The number of rotatable bonds is 32. The number of benzene rings is 1. The topological polar surface area (TPSA) is 393 Å². The largest absolute Gasteiger partial charge is 0.491 e. The van der Waals surface area contributed by atoms with E-state index in [-0.39, 0.29) is 5.95 Å². The van der Waals surface area contributed by atoms with Gasteiger partial charge in [0.25, 0.3) is 5.88 Å². The highest BCUT2D eigenvalue weighted by atomic mass is 19.4. The minimum atomic E-state index is -4.39. The van der Waals surface area contributed by atoms with Crippen molar-refractivity contribution in [2.45, 2.75) is 113 Å². The molecule has 0 amide bonds. The van der Waals surface area contributed by atoms with E-state index in [1.54, 1.807) is 67.3 Å². The number of anilines is 6. The zero-order chi connectivity index (χ0) is 91.0. The molecule has 676 valence electrons. The van der Waals surface area contributed by atoms with Gasteiger partial charge in [0, 0.05) is 141 Å². The van der Waals surface area contributed by atoms with E-state index < -0.39 is 11.7 Å². The van der Waals surface area contributed by atoms with Gasteiger partial charge in [0.1, 0.15) is 73.8 Å². The molecule has 38 heteroatoms. The van der Waals surface area contributed by atoms with Gasteiger partial charge in [0.2, 0.25) is 5.95 Å². The van der Waals surface area contributed by atoms with E-state index in [9.17, 15) is 13.2 Å². The van der Waals surface area contributed by atoms with Crippen LogP contribution in [0.2, 0.25) is 0 Å². The fraction of sp³-hybridized carbons (Fsp3) is 0.326. The molecule has 7 N–H and O–H groups in total. The van der Waals surface area contributed by atoms with Crippen LogP contribution in [0.4, 0.5) is 48.2 Å². The van der Waals surface area contributed by atoms with Gasteiger partial charge >= 0.3 is 6.18 Å². The number of halogens is 3. The maximum Gasteiger partial charge on any atom is 0.417 e. The number of hydrogen-bond donors (Lipinski definition) is 6. The fourth-order valence-corrected chi connectivity index (χ4v) is 14.9. The highest BCUT2D eigenvalue weighted by Gasteiger charge is 2.31. The lowest BCUT2D eigenvalue weighted by atomic mass is 10.1. The van der Waals surface area contributed by atoms with Crippen molar-refractivity contribution in [3.63, 3.8) is 0 Å². The molecule has 130 heavy (non-hydrogen) atoms. The van der Waals surface area contributed by atoms with Gasteiger partial charge in [0.15, 0.2) is 34.8 Å². The van der Waals surface area contributed by atoms with Crippen molar-refractivity contribution in [3.8, 4) is 11.6 Å². The maximum absolute atomic E-state index is 12.7. The Balaban J connectivity index is 0.000000131. The molecule has 0 radical (unpaired) electrons. The molecule has 0 bridgehead atoms. The second kappa shape index (κ2) is 43.7. The SMILES string of the molecule is COCCNc1nc(C)nc2ccn(Cc3ccc(C(F)(F)F)cn3)c12.COCCNc1nc(C)nc2ccn(Cc3cccc(CN4CCCC4)c3)c12.COCCNc1nc(C)nc2ccn(Cc3ccncc3)c12.COc1ccc(Cn2ccc3nc(N)nc(NCc4cc(C)on4)c32)nc1OC.Cc1nc(NCc2cc(C)on2)c2c(ccn2Cc2ccncc2)n1. The fourth-order valence-electron chi connectivity index (χ4n) is 14.9. The first-order valence-electron chi connectivity index (χ1n) is 42.3. The molecule has 1 saturated heterocycles. The first-order chi connectivity index (χ1) is 63.1. The summed E-state index contributed by atoms with van der Waals surface area (Å²) in [5, 5.41) is 24.6. The van der Waals surface area contributed by atoms with E-state index in [0.29, 0.717) is 93.9 Å². The summed E-state index contributed by atoms with van der Waals surface area (Å²) in [5.41, 5.74) is 22.0. The molecule has 1 aliphatic heterocycles. The summed E-state index contributed by atoms with van der Waals surface area (Å²) < 4.78 is 84.4. The van der Waals surface area contributed by atoms with Crippen molar-refractivity contribution in [1.29, 1.82) is 0 Å². The smallest absolute Gasteiger partial charge is 0.417 e. The summed E-state index contributed by atoms with van der Waals surface area (Å²) in [6.07, 6.45) is 16.2. The number of alkyl halides is 3. The highest BCUT2D eigenvalue weighted by molar-refractivity contribution is 5.90. The third-order valence-corrected chi connectivity index (χ3v) is 20.8. The van der Waals surface area contributed by atoms with Gasteiger partial charge in [-0.1, -0.05) is 34.6 Å². The van der Waals surface area contributed by atoms with Crippen LogP contribution in [0.15, 0.2) is 186 Å². The van der Waals surface area contributed by atoms with Crippen molar-refractivity contribution in [3.05, 3.63) is 263 Å². The highest BCUT2D eigenvalue weighted by Crippen LogP contribution is 2.33. The van der Waals surface area contributed by atoms with Crippen LogP contribution in [-0.4, -0.2) is 196 Å². The Morgan fingerprint density at radius 1 is 0.392 bits per heavy atom. The van der Waals surface area contributed by atoms with E-state index >= 15 is 0 Å². The summed E-state index contributed by atoms with van der Waals surface area (Å²) in [6, 6.07) is 36.7. The number of nitrogens with one attached hydrogen (secondary N) is 5. The molecule has 17 heterocycles. The number of pyridine rings is 4. The van der Waals surface area contributed by atoms with Crippen LogP contribution in [0.3, 0.4) is 0 Å². The van der Waals surface area contributed by atoms with Gasteiger partial charge in [-0.25, -0.2) is 49.8 Å². The summed E-state index contributed by atoms with van der Waals surface area (Å²) in [7, 11) is 8.15. The molecule has 17 aromatic rings. The monoisotopic (exact) mass is 1770 g/mol. The van der Waals surface area contributed by atoms with Gasteiger partial charge in [-0.05, 0) is 169 Å².